The summed E-state index contributed by atoms with van der Waals surface area (Å²) in [5.41, 5.74) is 5.18. The second-order valence-corrected chi connectivity index (χ2v) is 4.13. The van der Waals surface area contributed by atoms with Crippen LogP contribution in [0.3, 0.4) is 0 Å². The molecule has 3 nitrogen and oxygen atoms in total. The van der Waals surface area contributed by atoms with Crippen LogP contribution in [0.25, 0.3) is 0 Å². The average Bonchev–Trinajstić information content (AvgIpc) is 2.12. The van der Waals surface area contributed by atoms with Crippen LogP contribution in [-0.4, -0.2) is 18.0 Å². The summed E-state index contributed by atoms with van der Waals surface area (Å²) in [4.78, 5) is 11.6. The highest BCUT2D eigenvalue weighted by atomic mass is 35.5. The monoisotopic (exact) mass is 236 g/mol. The van der Waals surface area contributed by atoms with E-state index in [-0.39, 0.29) is 18.3 Å². The number of halogens is 1. The van der Waals surface area contributed by atoms with Gasteiger partial charge in [-0.1, -0.05) is 33.1 Å². The van der Waals surface area contributed by atoms with Crippen LogP contribution in [0, 0.1) is 0 Å². The van der Waals surface area contributed by atoms with Crippen molar-refractivity contribution in [3.05, 3.63) is 0 Å². The summed E-state index contributed by atoms with van der Waals surface area (Å²) in [5, 5.41) is 2.88. The number of carbonyl (C=O) groups excluding carboxylic acids is 1. The topological polar surface area (TPSA) is 55.1 Å². The van der Waals surface area contributed by atoms with Gasteiger partial charge in [-0.05, 0) is 19.8 Å². The lowest BCUT2D eigenvalue weighted by Gasteiger charge is -2.22. The van der Waals surface area contributed by atoms with Gasteiger partial charge in [0.15, 0.2) is 0 Å². The Morgan fingerprint density at radius 3 is 2.33 bits per heavy atom. The van der Waals surface area contributed by atoms with Gasteiger partial charge in [-0.2, -0.15) is 0 Å². The maximum absolute atomic E-state index is 11.6. The molecule has 1 atom stereocenters. The van der Waals surface area contributed by atoms with Crippen LogP contribution in [0.2, 0.25) is 0 Å². The fraction of sp³-hybridized carbons (Fsp3) is 0.909. The zero-order valence-electron chi connectivity index (χ0n) is 10.1. The van der Waals surface area contributed by atoms with E-state index in [1.807, 2.05) is 6.92 Å². The van der Waals surface area contributed by atoms with Crippen molar-refractivity contribution in [3.8, 4) is 0 Å². The maximum atomic E-state index is 11.6. The molecule has 3 N–H and O–H groups in total. The summed E-state index contributed by atoms with van der Waals surface area (Å²) in [6.07, 6.45) is 5.06. The molecule has 0 aromatic rings. The van der Waals surface area contributed by atoms with E-state index in [2.05, 4.69) is 12.2 Å². The molecule has 0 saturated carbocycles. The Morgan fingerprint density at radius 2 is 1.87 bits per heavy atom. The molecule has 0 heterocycles. The quantitative estimate of drug-likeness (QED) is 0.666. The summed E-state index contributed by atoms with van der Waals surface area (Å²) >= 11 is 0. The van der Waals surface area contributed by atoms with E-state index in [9.17, 15) is 4.79 Å². The predicted molar refractivity (Wildman–Crippen MR) is 67.3 cm³/mol. The normalized spacial score (nSPS) is 13.9. The van der Waals surface area contributed by atoms with Crippen LogP contribution >= 0.6 is 12.4 Å². The second kappa shape index (κ2) is 8.98. The molecule has 0 rings (SSSR count). The molecule has 0 aliphatic carbocycles. The molecule has 0 radical (unpaired) electrons. The van der Waals surface area contributed by atoms with Gasteiger partial charge in [0.25, 0.3) is 0 Å². The number of unbranched alkanes of at least 4 members (excludes halogenated alkanes) is 2. The third kappa shape index (κ3) is 7.63. The minimum absolute atomic E-state index is 0. The Balaban J connectivity index is 0. The molecule has 15 heavy (non-hydrogen) atoms. The second-order valence-electron chi connectivity index (χ2n) is 4.13. The molecular weight excluding hydrogens is 212 g/mol. The van der Waals surface area contributed by atoms with Gasteiger partial charge in [0.05, 0.1) is 5.54 Å². The van der Waals surface area contributed by atoms with E-state index >= 15 is 0 Å². The van der Waals surface area contributed by atoms with Crippen molar-refractivity contribution in [2.75, 3.05) is 6.54 Å². The zero-order chi connectivity index (χ0) is 11.0. The van der Waals surface area contributed by atoms with Crippen LogP contribution in [0.15, 0.2) is 0 Å². The van der Waals surface area contributed by atoms with E-state index < -0.39 is 5.54 Å². The van der Waals surface area contributed by atoms with Crippen molar-refractivity contribution in [3.63, 3.8) is 0 Å². The number of nitrogens with one attached hydrogen (secondary N) is 1. The fourth-order valence-corrected chi connectivity index (χ4v) is 1.41. The molecule has 0 aromatic carbocycles. The van der Waals surface area contributed by atoms with Crippen LogP contribution < -0.4 is 11.1 Å². The van der Waals surface area contributed by atoms with Crippen molar-refractivity contribution in [1.82, 2.24) is 5.32 Å². The number of nitrogens with two attached hydrogens (primary N) is 1. The highest BCUT2D eigenvalue weighted by Crippen LogP contribution is 2.08. The molecule has 1 amide bonds. The van der Waals surface area contributed by atoms with Gasteiger partial charge in [-0.3, -0.25) is 4.79 Å². The molecule has 0 fully saturated rings. The molecule has 4 heteroatoms. The van der Waals surface area contributed by atoms with Crippen LogP contribution in [-0.2, 0) is 4.79 Å². The largest absolute Gasteiger partial charge is 0.355 e. The zero-order valence-corrected chi connectivity index (χ0v) is 11.0. The molecule has 0 saturated heterocycles. The van der Waals surface area contributed by atoms with E-state index in [4.69, 9.17) is 5.73 Å². The van der Waals surface area contributed by atoms with Crippen molar-refractivity contribution in [1.29, 1.82) is 0 Å². The van der Waals surface area contributed by atoms with Gasteiger partial charge < -0.3 is 11.1 Å². The van der Waals surface area contributed by atoms with Crippen molar-refractivity contribution < 1.29 is 4.79 Å². The molecule has 0 bridgehead atoms. The van der Waals surface area contributed by atoms with Crippen LogP contribution in [0.1, 0.15) is 52.9 Å². The number of rotatable bonds is 7. The summed E-state index contributed by atoms with van der Waals surface area (Å²) in [6.45, 7) is 6.73. The first-order chi connectivity index (χ1) is 6.54. The van der Waals surface area contributed by atoms with Crippen LogP contribution in [0.4, 0.5) is 0 Å². The Morgan fingerprint density at radius 1 is 1.27 bits per heavy atom. The first-order valence-electron chi connectivity index (χ1n) is 5.61. The van der Waals surface area contributed by atoms with Gasteiger partial charge in [0.1, 0.15) is 0 Å². The Hall–Kier alpha value is -0.280. The number of carbonyl (C=O) groups is 1. The van der Waals surface area contributed by atoms with Crippen molar-refractivity contribution >= 4 is 18.3 Å². The van der Waals surface area contributed by atoms with E-state index in [1.165, 1.54) is 6.42 Å². The number of amides is 1. The first-order valence-corrected chi connectivity index (χ1v) is 5.61. The third-order valence-electron chi connectivity index (χ3n) is 2.35. The van der Waals surface area contributed by atoms with Gasteiger partial charge in [-0.25, -0.2) is 0 Å². The highest BCUT2D eigenvalue weighted by Gasteiger charge is 2.26. The lowest BCUT2D eigenvalue weighted by Crippen LogP contribution is -2.51. The van der Waals surface area contributed by atoms with Gasteiger partial charge in [-0.15, -0.1) is 12.4 Å². The van der Waals surface area contributed by atoms with Gasteiger partial charge in [0.2, 0.25) is 5.91 Å². The molecule has 0 aromatic heterocycles. The van der Waals surface area contributed by atoms with E-state index in [0.29, 0.717) is 0 Å². The predicted octanol–water partition coefficient (Wildman–Crippen LogP) is 2.23. The molecule has 0 aliphatic rings. The minimum atomic E-state index is -0.693. The van der Waals surface area contributed by atoms with Crippen LogP contribution in [0.5, 0.6) is 0 Å². The maximum Gasteiger partial charge on any atom is 0.239 e. The lowest BCUT2D eigenvalue weighted by atomic mass is 9.96. The van der Waals surface area contributed by atoms with Crippen molar-refractivity contribution in [2.24, 2.45) is 5.73 Å². The van der Waals surface area contributed by atoms with Gasteiger partial charge >= 0.3 is 0 Å². The molecule has 92 valence electrons. The molecule has 0 spiro atoms. The van der Waals surface area contributed by atoms with Gasteiger partial charge in [0, 0.05) is 6.54 Å². The minimum Gasteiger partial charge on any atom is -0.355 e. The van der Waals surface area contributed by atoms with Crippen molar-refractivity contribution in [2.45, 2.75) is 58.4 Å². The smallest absolute Gasteiger partial charge is 0.239 e. The summed E-state index contributed by atoms with van der Waals surface area (Å²) in [6, 6.07) is 0. The number of hydrogen-bond acceptors (Lipinski definition) is 2. The highest BCUT2D eigenvalue weighted by molar-refractivity contribution is 5.85. The Labute approximate surface area is 99.6 Å². The summed E-state index contributed by atoms with van der Waals surface area (Å²) < 4.78 is 0. The van der Waals surface area contributed by atoms with E-state index in [1.54, 1.807) is 6.92 Å². The Kier molecular flexibility index (Phi) is 10.3. The first kappa shape index (κ1) is 17.1. The molecule has 1 unspecified atom stereocenters. The van der Waals surface area contributed by atoms with E-state index in [0.717, 1.165) is 32.2 Å². The number of hydrogen-bond donors (Lipinski definition) is 2. The molecular formula is C11H25ClN2O. The molecule has 0 aliphatic heterocycles. The average molecular weight is 237 g/mol. The SMILES string of the molecule is CCCCCNC(=O)C(C)(N)CCC.Cl. The lowest BCUT2D eigenvalue weighted by molar-refractivity contribution is -0.126. The fourth-order valence-electron chi connectivity index (χ4n) is 1.41. The third-order valence-corrected chi connectivity index (χ3v) is 2.35. The summed E-state index contributed by atoms with van der Waals surface area (Å²) in [7, 11) is 0. The Bertz CT molecular complexity index is 172. The standard InChI is InChI=1S/C11H24N2O.ClH/c1-4-6-7-9-13-10(14)11(3,12)8-5-2;/h4-9,12H2,1-3H3,(H,13,14);1H. The summed E-state index contributed by atoms with van der Waals surface area (Å²) in [5.74, 6) is -0.0181.